The highest BCUT2D eigenvalue weighted by Gasteiger charge is 2.17. The van der Waals surface area contributed by atoms with E-state index in [9.17, 15) is 9.59 Å². The summed E-state index contributed by atoms with van der Waals surface area (Å²) in [4.78, 5) is 25.9. The molecule has 0 aromatic heterocycles. The molecule has 5 heteroatoms. The molecule has 0 saturated carbocycles. The number of benzene rings is 1. The third kappa shape index (κ3) is 8.99. The Morgan fingerprint density at radius 3 is 2.04 bits per heavy atom. The molecular weight excluding hydrogens is 326 g/mol. The van der Waals surface area contributed by atoms with E-state index >= 15 is 0 Å². The summed E-state index contributed by atoms with van der Waals surface area (Å²) in [5.41, 5.74) is 2.13. The smallest absolute Gasteiger partial charge is 0.234 e. The lowest BCUT2D eigenvalue weighted by Gasteiger charge is -2.23. The van der Waals surface area contributed by atoms with Crippen molar-refractivity contribution >= 4 is 11.8 Å². The molecule has 26 heavy (non-hydrogen) atoms. The highest BCUT2D eigenvalue weighted by atomic mass is 16.2. The Hall–Kier alpha value is -1.88. The molecule has 0 aliphatic heterocycles. The molecule has 146 valence electrons. The van der Waals surface area contributed by atoms with Crippen LogP contribution in [0.25, 0.3) is 0 Å². The topological polar surface area (TPSA) is 61.4 Å². The summed E-state index contributed by atoms with van der Waals surface area (Å²) >= 11 is 0. The summed E-state index contributed by atoms with van der Waals surface area (Å²) in [5.74, 6) is 0.459. The largest absolute Gasteiger partial charge is 0.350 e. The lowest BCUT2D eigenvalue weighted by Crippen LogP contribution is -2.47. The van der Waals surface area contributed by atoms with Crippen LogP contribution in [0, 0.1) is 5.92 Å². The average molecular weight is 362 g/mol. The third-order valence-electron chi connectivity index (χ3n) is 3.84. The van der Waals surface area contributed by atoms with Crippen molar-refractivity contribution in [2.24, 2.45) is 5.92 Å². The van der Waals surface area contributed by atoms with Crippen LogP contribution in [0.3, 0.4) is 0 Å². The summed E-state index contributed by atoms with van der Waals surface area (Å²) in [7, 11) is 1.77. The molecule has 0 radical (unpaired) electrons. The molecule has 2 N–H and O–H groups in total. The summed E-state index contributed by atoms with van der Waals surface area (Å²) in [5, 5.41) is 5.89. The molecule has 0 aliphatic carbocycles. The fourth-order valence-corrected chi connectivity index (χ4v) is 2.79. The van der Waals surface area contributed by atoms with Gasteiger partial charge in [-0.3, -0.25) is 14.5 Å². The fourth-order valence-electron chi connectivity index (χ4n) is 2.79. The van der Waals surface area contributed by atoms with Crippen LogP contribution in [0.5, 0.6) is 0 Å². The van der Waals surface area contributed by atoms with Gasteiger partial charge in [-0.25, -0.2) is 0 Å². The first kappa shape index (κ1) is 22.2. The minimum absolute atomic E-state index is 0.0626. The standard InChI is InChI=1S/C21H35N3O2/c1-15(2)12-17-8-10-18(11-9-17)16(3)22-19(25)13-24(7)14-20(26)23-21(4,5)6/h8-11,15-16H,12-14H2,1-7H3,(H,22,25)(H,23,26)/t16-/m1/s1. The van der Waals surface area contributed by atoms with E-state index in [1.807, 2.05) is 27.7 Å². The molecule has 0 spiro atoms. The Kier molecular flexibility index (Phi) is 8.28. The first-order valence-corrected chi connectivity index (χ1v) is 9.34. The van der Waals surface area contributed by atoms with Crippen LogP contribution in [0.15, 0.2) is 24.3 Å². The quantitative estimate of drug-likeness (QED) is 0.748. The normalized spacial score (nSPS) is 13.0. The van der Waals surface area contributed by atoms with E-state index < -0.39 is 0 Å². The van der Waals surface area contributed by atoms with Crippen molar-refractivity contribution in [2.75, 3.05) is 20.1 Å². The second kappa shape index (κ2) is 9.72. The van der Waals surface area contributed by atoms with E-state index in [0.29, 0.717) is 5.92 Å². The van der Waals surface area contributed by atoms with Crippen molar-refractivity contribution in [3.8, 4) is 0 Å². The van der Waals surface area contributed by atoms with Crippen LogP contribution in [-0.2, 0) is 16.0 Å². The number of carbonyl (C=O) groups excluding carboxylic acids is 2. The summed E-state index contributed by atoms with van der Waals surface area (Å²) in [6, 6.07) is 8.33. The van der Waals surface area contributed by atoms with Gasteiger partial charge in [0.15, 0.2) is 0 Å². The zero-order valence-corrected chi connectivity index (χ0v) is 17.3. The number of nitrogens with zero attached hydrogens (tertiary/aromatic N) is 1. The molecule has 5 nitrogen and oxygen atoms in total. The molecule has 0 aliphatic rings. The number of nitrogens with one attached hydrogen (secondary N) is 2. The average Bonchev–Trinajstić information content (AvgIpc) is 2.44. The second-order valence-corrected chi connectivity index (χ2v) is 8.60. The summed E-state index contributed by atoms with van der Waals surface area (Å²) in [6.45, 7) is 12.6. The lowest BCUT2D eigenvalue weighted by atomic mass is 10.00. The van der Waals surface area contributed by atoms with Gasteiger partial charge in [0.2, 0.25) is 11.8 Å². The summed E-state index contributed by atoms with van der Waals surface area (Å²) < 4.78 is 0. The van der Waals surface area contributed by atoms with Gasteiger partial charge in [0.25, 0.3) is 0 Å². The number of hydrogen-bond acceptors (Lipinski definition) is 3. The van der Waals surface area contributed by atoms with Crippen LogP contribution < -0.4 is 10.6 Å². The van der Waals surface area contributed by atoms with Gasteiger partial charge in [-0.2, -0.15) is 0 Å². The van der Waals surface area contributed by atoms with Gasteiger partial charge in [0.05, 0.1) is 19.1 Å². The van der Waals surface area contributed by atoms with Crippen molar-refractivity contribution in [1.82, 2.24) is 15.5 Å². The maximum absolute atomic E-state index is 12.2. The molecule has 1 atom stereocenters. The first-order valence-electron chi connectivity index (χ1n) is 9.34. The molecule has 0 heterocycles. The van der Waals surface area contributed by atoms with Crippen molar-refractivity contribution < 1.29 is 9.59 Å². The predicted octanol–water partition coefficient (Wildman–Crippen LogP) is 2.91. The van der Waals surface area contributed by atoms with Crippen LogP contribution in [-0.4, -0.2) is 42.4 Å². The van der Waals surface area contributed by atoms with Crippen LogP contribution >= 0.6 is 0 Å². The molecule has 0 bridgehead atoms. The predicted molar refractivity (Wildman–Crippen MR) is 107 cm³/mol. The maximum Gasteiger partial charge on any atom is 0.234 e. The zero-order valence-electron chi connectivity index (χ0n) is 17.3. The van der Waals surface area contributed by atoms with Crippen LogP contribution in [0.4, 0.5) is 0 Å². The van der Waals surface area contributed by atoms with Gasteiger partial charge in [-0.15, -0.1) is 0 Å². The van der Waals surface area contributed by atoms with Gasteiger partial charge in [0, 0.05) is 5.54 Å². The molecule has 1 aromatic rings. The Bertz CT molecular complexity index is 588. The molecular formula is C21H35N3O2. The fraction of sp³-hybridized carbons (Fsp3) is 0.619. The third-order valence-corrected chi connectivity index (χ3v) is 3.84. The van der Waals surface area contributed by atoms with Crippen molar-refractivity contribution in [1.29, 1.82) is 0 Å². The number of likely N-dealkylation sites (N-methyl/N-ethyl adjacent to an activating group) is 1. The Morgan fingerprint density at radius 1 is 1.00 bits per heavy atom. The molecule has 0 fully saturated rings. The minimum atomic E-state index is -0.267. The Balaban J connectivity index is 2.47. The number of carbonyl (C=O) groups is 2. The number of amides is 2. The van der Waals surface area contributed by atoms with Crippen molar-refractivity contribution in [3.63, 3.8) is 0 Å². The van der Waals surface area contributed by atoms with Gasteiger partial charge in [-0.1, -0.05) is 38.1 Å². The van der Waals surface area contributed by atoms with E-state index in [0.717, 1.165) is 12.0 Å². The van der Waals surface area contributed by atoms with E-state index in [1.54, 1.807) is 11.9 Å². The van der Waals surface area contributed by atoms with Crippen LogP contribution in [0.2, 0.25) is 0 Å². The zero-order chi connectivity index (χ0) is 19.9. The van der Waals surface area contributed by atoms with Crippen molar-refractivity contribution in [3.05, 3.63) is 35.4 Å². The molecule has 2 amide bonds. The highest BCUT2D eigenvalue weighted by Crippen LogP contribution is 2.15. The molecule has 0 unspecified atom stereocenters. The molecule has 1 rings (SSSR count). The Labute approximate surface area is 158 Å². The Morgan fingerprint density at radius 2 is 1.54 bits per heavy atom. The minimum Gasteiger partial charge on any atom is -0.350 e. The van der Waals surface area contributed by atoms with Gasteiger partial charge in [-0.05, 0) is 58.2 Å². The van der Waals surface area contributed by atoms with Gasteiger partial charge < -0.3 is 10.6 Å². The highest BCUT2D eigenvalue weighted by molar-refractivity contribution is 5.81. The summed E-state index contributed by atoms with van der Waals surface area (Å²) in [6.07, 6.45) is 1.06. The van der Waals surface area contributed by atoms with Gasteiger partial charge in [0.1, 0.15) is 0 Å². The second-order valence-electron chi connectivity index (χ2n) is 8.60. The maximum atomic E-state index is 12.2. The first-order chi connectivity index (χ1) is 12.0. The van der Waals surface area contributed by atoms with E-state index in [4.69, 9.17) is 0 Å². The monoisotopic (exact) mass is 361 g/mol. The van der Waals surface area contributed by atoms with Crippen molar-refractivity contribution in [2.45, 2.75) is 59.5 Å². The van der Waals surface area contributed by atoms with E-state index in [1.165, 1.54) is 5.56 Å². The lowest BCUT2D eigenvalue weighted by molar-refractivity contribution is -0.125. The number of hydrogen-bond donors (Lipinski definition) is 2. The van der Waals surface area contributed by atoms with E-state index in [-0.39, 0.29) is 36.5 Å². The molecule has 0 saturated heterocycles. The molecule has 1 aromatic carbocycles. The van der Waals surface area contributed by atoms with Gasteiger partial charge >= 0.3 is 0 Å². The number of rotatable bonds is 8. The SMILES string of the molecule is CC(C)Cc1ccc([C@@H](C)NC(=O)CN(C)CC(=O)NC(C)(C)C)cc1. The van der Waals surface area contributed by atoms with Crippen LogP contribution in [0.1, 0.15) is 58.7 Å². The van der Waals surface area contributed by atoms with E-state index in [2.05, 4.69) is 48.7 Å².